The molecule has 1 atom stereocenters. The summed E-state index contributed by atoms with van der Waals surface area (Å²) in [5, 5.41) is 2.95. The van der Waals surface area contributed by atoms with Gasteiger partial charge in [-0.05, 0) is 62.9 Å². The standard InChI is InChI=1S/C23H28N2O3/c1-16-7-4-9-19(13-16)23(27)25(14-20-10-6-12-28-20)15-22(26)24-21-11-5-8-17(2)18(21)3/h4-5,7-9,11,13,20H,6,10,12,14-15H2,1-3H3,(H,24,26)/t20-/m1/s1. The van der Waals surface area contributed by atoms with Gasteiger partial charge < -0.3 is 15.0 Å². The van der Waals surface area contributed by atoms with Crippen LogP contribution < -0.4 is 5.32 Å². The molecule has 0 unspecified atom stereocenters. The third-order valence-corrected chi connectivity index (χ3v) is 5.21. The molecule has 1 heterocycles. The Morgan fingerprint density at radius 3 is 2.64 bits per heavy atom. The highest BCUT2D eigenvalue weighted by atomic mass is 16.5. The first-order valence-corrected chi connectivity index (χ1v) is 9.77. The number of nitrogens with one attached hydrogen (secondary N) is 1. The Bertz CT molecular complexity index is 857. The first-order chi connectivity index (χ1) is 13.4. The minimum atomic E-state index is -0.201. The maximum atomic E-state index is 13.1. The lowest BCUT2D eigenvalue weighted by molar-refractivity contribution is -0.117. The van der Waals surface area contributed by atoms with Crippen molar-refractivity contribution >= 4 is 17.5 Å². The third-order valence-electron chi connectivity index (χ3n) is 5.21. The summed E-state index contributed by atoms with van der Waals surface area (Å²) in [6.07, 6.45) is 1.89. The number of ether oxygens (including phenoxy) is 1. The summed E-state index contributed by atoms with van der Waals surface area (Å²) in [6.45, 7) is 7.08. The maximum absolute atomic E-state index is 13.1. The zero-order chi connectivity index (χ0) is 20.1. The van der Waals surface area contributed by atoms with Crippen molar-refractivity contribution < 1.29 is 14.3 Å². The van der Waals surface area contributed by atoms with Gasteiger partial charge in [0.15, 0.2) is 0 Å². The lowest BCUT2D eigenvalue weighted by atomic mass is 10.1. The highest BCUT2D eigenvalue weighted by Gasteiger charge is 2.25. The second-order valence-electron chi connectivity index (χ2n) is 7.49. The van der Waals surface area contributed by atoms with Crippen LogP contribution in [0.2, 0.25) is 0 Å². The van der Waals surface area contributed by atoms with Gasteiger partial charge in [-0.15, -0.1) is 0 Å². The molecule has 2 aromatic carbocycles. The molecule has 0 radical (unpaired) electrons. The van der Waals surface area contributed by atoms with Crippen molar-refractivity contribution in [3.8, 4) is 0 Å². The predicted molar refractivity (Wildman–Crippen MR) is 111 cm³/mol. The monoisotopic (exact) mass is 380 g/mol. The van der Waals surface area contributed by atoms with Gasteiger partial charge in [0.05, 0.1) is 6.10 Å². The molecule has 1 fully saturated rings. The van der Waals surface area contributed by atoms with Gasteiger partial charge in [0, 0.05) is 24.4 Å². The molecule has 1 N–H and O–H groups in total. The summed E-state index contributed by atoms with van der Waals surface area (Å²) in [5.41, 5.74) is 4.54. The lowest BCUT2D eigenvalue weighted by Gasteiger charge is -2.25. The number of benzene rings is 2. The third kappa shape index (κ3) is 4.98. The first-order valence-electron chi connectivity index (χ1n) is 9.77. The van der Waals surface area contributed by atoms with Crippen LogP contribution in [-0.2, 0) is 9.53 Å². The van der Waals surface area contributed by atoms with Gasteiger partial charge in [-0.2, -0.15) is 0 Å². The molecule has 5 heteroatoms. The van der Waals surface area contributed by atoms with Crippen LogP contribution in [0.25, 0.3) is 0 Å². The fourth-order valence-corrected chi connectivity index (χ4v) is 3.46. The number of carbonyl (C=O) groups is 2. The smallest absolute Gasteiger partial charge is 0.254 e. The molecule has 0 aromatic heterocycles. The lowest BCUT2D eigenvalue weighted by Crippen LogP contribution is -2.42. The minimum absolute atomic E-state index is 0.0000170. The minimum Gasteiger partial charge on any atom is -0.376 e. The second-order valence-corrected chi connectivity index (χ2v) is 7.49. The number of aryl methyl sites for hydroxylation is 2. The summed E-state index contributed by atoms with van der Waals surface area (Å²) < 4.78 is 5.70. The summed E-state index contributed by atoms with van der Waals surface area (Å²) >= 11 is 0. The van der Waals surface area contributed by atoms with Crippen molar-refractivity contribution in [2.75, 3.05) is 25.0 Å². The molecule has 0 saturated carbocycles. The topological polar surface area (TPSA) is 58.6 Å². The summed E-state index contributed by atoms with van der Waals surface area (Å²) in [7, 11) is 0. The molecular weight excluding hydrogens is 352 g/mol. The molecule has 5 nitrogen and oxygen atoms in total. The van der Waals surface area contributed by atoms with Crippen molar-refractivity contribution in [2.24, 2.45) is 0 Å². The Balaban J connectivity index is 1.75. The number of rotatable bonds is 6. The number of carbonyl (C=O) groups excluding carboxylic acids is 2. The molecule has 0 spiro atoms. The first kappa shape index (κ1) is 20.1. The van der Waals surface area contributed by atoms with Crippen LogP contribution in [0.15, 0.2) is 42.5 Å². The largest absolute Gasteiger partial charge is 0.376 e. The second kappa shape index (κ2) is 9.02. The number of anilines is 1. The molecule has 3 rings (SSSR count). The normalized spacial score (nSPS) is 16.0. The van der Waals surface area contributed by atoms with Gasteiger partial charge in [-0.1, -0.05) is 29.8 Å². The Morgan fingerprint density at radius 2 is 1.93 bits per heavy atom. The van der Waals surface area contributed by atoms with Gasteiger partial charge in [0.25, 0.3) is 5.91 Å². The van der Waals surface area contributed by atoms with E-state index in [0.29, 0.717) is 18.7 Å². The molecule has 148 valence electrons. The van der Waals surface area contributed by atoms with E-state index >= 15 is 0 Å². The van der Waals surface area contributed by atoms with Gasteiger partial charge in [-0.3, -0.25) is 9.59 Å². The van der Waals surface area contributed by atoms with E-state index in [9.17, 15) is 9.59 Å². The zero-order valence-electron chi connectivity index (χ0n) is 16.8. The quantitative estimate of drug-likeness (QED) is 0.828. The molecule has 0 bridgehead atoms. The van der Waals surface area contributed by atoms with Crippen LogP contribution in [0.1, 0.15) is 39.9 Å². The van der Waals surface area contributed by atoms with E-state index in [4.69, 9.17) is 4.74 Å². The zero-order valence-corrected chi connectivity index (χ0v) is 16.8. The number of hydrogen-bond donors (Lipinski definition) is 1. The molecule has 1 aliphatic rings. The van der Waals surface area contributed by atoms with E-state index in [1.165, 1.54) is 0 Å². The van der Waals surface area contributed by atoms with Crippen molar-refractivity contribution in [2.45, 2.75) is 39.7 Å². The van der Waals surface area contributed by atoms with Crippen LogP contribution in [0.4, 0.5) is 5.69 Å². The van der Waals surface area contributed by atoms with E-state index in [2.05, 4.69) is 5.32 Å². The van der Waals surface area contributed by atoms with Crippen LogP contribution in [0.5, 0.6) is 0 Å². The Morgan fingerprint density at radius 1 is 1.14 bits per heavy atom. The molecule has 1 saturated heterocycles. The van der Waals surface area contributed by atoms with E-state index in [-0.39, 0.29) is 24.5 Å². The summed E-state index contributed by atoms with van der Waals surface area (Å²) in [6, 6.07) is 13.3. The number of hydrogen-bond acceptors (Lipinski definition) is 3. The maximum Gasteiger partial charge on any atom is 0.254 e. The molecule has 2 amide bonds. The highest BCUT2D eigenvalue weighted by molar-refractivity contribution is 5.99. The predicted octanol–water partition coefficient (Wildman–Crippen LogP) is 3.87. The van der Waals surface area contributed by atoms with Crippen LogP contribution in [0, 0.1) is 20.8 Å². The average Bonchev–Trinajstić information content (AvgIpc) is 3.17. The fourth-order valence-electron chi connectivity index (χ4n) is 3.46. The number of nitrogens with zero attached hydrogens (tertiary/aromatic N) is 1. The van der Waals surface area contributed by atoms with Crippen molar-refractivity contribution in [1.29, 1.82) is 0 Å². The molecular formula is C23H28N2O3. The van der Waals surface area contributed by atoms with Crippen molar-refractivity contribution in [3.63, 3.8) is 0 Å². The van der Waals surface area contributed by atoms with E-state index in [1.54, 1.807) is 11.0 Å². The fraction of sp³-hybridized carbons (Fsp3) is 0.391. The highest BCUT2D eigenvalue weighted by Crippen LogP contribution is 2.19. The van der Waals surface area contributed by atoms with E-state index in [1.807, 2.05) is 57.2 Å². The van der Waals surface area contributed by atoms with Gasteiger partial charge in [-0.25, -0.2) is 0 Å². The SMILES string of the molecule is Cc1cccc(C(=O)N(CC(=O)Nc2cccc(C)c2C)C[C@H]2CCCO2)c1. The van der Waals surface area contributed by atoms with E-state index in [0.717, 1.165) is 35.2 Å². The summed E-state index contributed by atoms with van der Waals surface area (Å²) in [4.78, 5) is 27.4. The van der Waals surface area contributed by atoms with E-state index < -0.39 is 0 Å². The Labute approximate surface area is 166 Å². The van der Waals surface area contributed by atoms with Crippen molar-refractivity contribution in [3.05, 3.63) is 64.7 Å². The molecule has 28 heavy (non-hydrogen) atoms. The van der Waals surface area contributed by atoms with Crippen LogP contribution in [0.3, 0.4) is 0 Å². The van der Waals surface area contributed by atoms with Gasteiger partial charge in [0.1, 0.15) is 6.54 Å². The van der Waals surface area contributed by atoms with Crippen LogP contribution in [-0.4, -0.2) is 42.5 Å². The molecule has 0 aliphatic carbocycles. The summed E-state index contributed by atoms with van der Waals surface area (Å²) in [5.74, 6) is -0.344. The van der Waals surface area contributed by atoms with Crippen LogP contribution >= 0.6 is 0 Å². The van der Waals surface area contributed by atoms with Gasteiger partial charge in [0.2, 0.25) is 5.91 Å². The van der Waals surface area contributed by atoms with Gasteiger partial charge >= 0.3 is 0 Å². The average molecular weight is 380 g/mol. The number of amides is 2. The van der Waals surface area contributed by atoms with Crippen molar-refractivity contribution in [1.82, 2.24) is 4.90 Å². The Kier molecular flexibility index (Phi) is 6.47. The Hall–Kier alpha value is -2.66. The molecule has 1 aliphatic heterocycles. The molecule has 2 aromatic rings.